The van der Waals surface area contributed by atoms with Crippen LogP contribution in [0.1, 0.15) is 20.8 Å². The number of carbonyl (C=O) groups excluding carboxylic acids is 1. The third kappa shape index (κ3) is 6.92. The van der Waals surface area contributed by atoms with E-state index in [9.17, 15) is 9.18 Å². The molecule has 96 valence electrons. The zero-order valence-corrected chi connectivity index (χ0v) is 11.0. The molecule has 0 heterocycles. The topological polar surface area (TPSA) is 41.1 Å². The van der Waals surface area contributed by atoms with Gasteiger partial charge in [0.1, 0.15) is 5.82 Å². The van der Waals surface area contributed by atoms with E-state index in [1.54, 1.807) is 0 Å². The fraction of sp³-hybridized carbons (Fsp3) is 0.417. The Morgan fingerprint density at radius 2 is 1.76 bits per heavy atom. The summed E-state index contributed by atoms with van der Waals surface area (Å²) in [7, 11) is 0. The predicted octanol–water partition coefficient (Wildman–Crippen LogP) is 2.57. The van der Waals surface area contributed by atoms with E-state index in [2.05, 4.69) is 10.6 Å². The van der Waals surface area contributed by atoms with Crippen LogP contribution in [0.25, 0.3) is 0 Å². The molecule has 0 saturated heterocycles. The Hall–Kier alpha value is -1.13. The van der Waals surface area contributed by atoms with E-state index in [0.29, 0.717) is 5.69 Å². The van der Waals surface area contributed by atoms with E-state index in [1.165, 1.54) is 24.3 Å². The Morgan fingerprint density at radius 3 is 2.24 bits per heavy atom. The molecule has 2 N–H and O–H groups in total. The smallest absolute Gasteiger partial charge is 0.238 e. The molecule has 17 heavy (non-hydrogen) atoms. The number of hydrogen-bond acceptors (Lipinski definition) is 2. The molecule has 0 saturated carbocycles. The minimum Gasteiger partial charge on any atom is -0.325 e. The molecule has 0 atom stereocenters. The minimum absolute atomic E-state index is 0. The van der Waals surface area contributed by atoms with E-state index < -0.39 is 0 Å². The molecule has 1 amide bonds. The Bertz CT molecular complexity index is 360. The van der Waals surface area contributed by atoms with E-state index in [-0.39, 0.29) is 36.2 Å². The quantitative estimate of drug-likeness (QED) is 0.877. The summed E-state index contributed by atoms with van der Waals surface area (Å²) in [4.78, 5) is 11.5. The first-order valence-corrected chi connectivity index (χ1v) is 5.17. The third-order valence-electron chi connectivity index (χ3n) is 1.91. The maximum absolute atomic E-state index is 12.6. The van der Waals surface area contributed by atoms with Crippen molar-refractivity contribution in [3.05, 3.63) is 30.1 Å². The lowest BCUT2D eigenvalue weighted by Crippen LogP contribution is -2.41. The first kappa shape index (κ1) is 15.9. The van der Waals surface area contributed by atoms with Crippen LogP contribution in [0.2, 0.25) is 0 Å². The molecule has 1 rings (SSSR count). The molecule has 1 aromatic rings. The largest absolute Gasteiger partial charge is 0.325 e. The van der Waals surface area contributed by atoms with Crippen molar-refractivity contribution in [3.8, 4) is 0 Å². The zero-order valence-electron chi connectivity index (χ0n) is 10.2. The number of rotatable bonds is 3. The van der Waals surface area contributed by atoms with Gasteiger partial charge in [0.15, 0.2) is 0 Å². The summed E-state index contributed by atoms with van der Waals surface area (Å²) in [5, 5.41) is 5.74. The van der Waals surface area contributed by atoms with E-state index in [4.69, 9.17) is 0 Å². The Labute approximate surface area is 107 Å². The van der Waals surface area contributed by atoms with Crippen LogP contribution < -0.4 is 10.6 Å². The van der Waals surface area contributed by atoms with Gasteiger partial charge in [0.2, 0.25) is 5.91 Å². The van der Waals surface area contributed by atoms with Gasteiger partial charge < -0.3 is 10.6 Å². The lowest BCUT2D eigenvalue weighted by atomic mass is 10.1. The number of benzene rings is 1. The van der Waals surface area contributed by atoms with E-state index in [0.717, 1.165) is 0 Å². The standard InChI is InChI=1S/C12H17FN2O.ClH/c1-12(2,3)14-8-11(16)15-10-6-4-9(13)5-7-10;/h4-7,14H,8H2,1-3H3,(H,15,16);1H. The highest BCUT2D eigenvalue weighted by Gasteiger charge is 2.11. The predicted molar refractivity (Wildman–Crippen MR) is 70.0 cm³/mol. The normalized spacial score (nSPS) is 10.6. The average Bonchev–Trinajstić information content (AvgIpc) is 2.18. The van der Waals surface area contributed by atoms with Crippen LogP contribution in [0.15, 0.2) is 24.3 Å². The van der Waals surface area contributed by atoms with Crippen molar-refractivity contribution < 1.29 is 9.18 Å². The van der Waals surface area contributed by atoms with Crippen molar-refractivity contribution in [2.75, 3.05) is 11.9 Å². The van der Waals surface area contributed by atoms with Crippen LogP contribution in [-0.4, -0.2) is 18.0 Å². The van der Waals surface area contributed by atoms with Gasteiger partial charge in [-0.2, -0.15) is 0 Å². The summed E-state index contributed by atoms with van der Waals surface area (Å²) < 4.78 is 12.6. The van der Waals surface area contributed by atoms with Crippen molar-refractivity contribution >= 4 is 24.0 Å². The molecule has 0 aliphatic rings. The van der Waals surface area contributed by atoms with Crippen LogP contribution >= 0.6 is 12.4 Å². The Balaban J connectivity index is 0.00000256. The highest BCUT2D eigenvalue weighted by Crippen LogP contribution is 2.07. The summed E-state index contributed by atoms with van der Waals surface area (Å²) in [6.45, 7) is 6.19. The third-order valence-corrected chi connectivity index (χ3v) is 1.91. The second kappa shape index (κ2) is 6.57. The van der Waals surface area contributed by atoms with Gasteiger partial charge in [-0.15, -0.1) is 12.4 Å². The maximum atomic E-state index is 12.6. The average molecular weight is 261 g/mol. The molecule has 0 bridgehead atoms. The first-order chi connectivity index (χ1) is 7.37. The molecule has 0 spiro atoms. The summed E-state index contributed by atoms with van der Waals surface area (Å²) in [6.07, 6.45) is 0. The minimum atomic E-state index is -0.314. The second-order valence-electron chi connectivity index (χ2n) is 4.66. The fourth-order valence-electron chi connectivity index (χ4n) is 1.08. The molecule has 5 heteroatoms. The molecule has 0 unspecified atom stereocenters. The first-order valence-electron chi connectivity index (χ1n) is 5.17. The van der Waals surface area contributed by atoms with Gasteiger partial charge in [0.25, 0.3) is 0 Å². The van der Waals surface area contributed by atoms with Crippen molar-refractivity contribution in [1.82, 2.24) is 5.32 Å². The van der Waals surface area contributed by atoms with Crippen LogP contribution in [-0.2, 0) is 4.79 Å². The van der Waals surface area contributed by atoms with Crippen LogP contribution in [0.5, 0.6) is 0 Å². The molecule has 1 aromatic carbocycles. The SMILES string of the molecule is CC(C)(C)NCC(=O)Nc1ccc(F)cc1.Cl. The van der Waals surface area contributed by atoms with Crippen molar-refractivity contribution in [2.45, 2.75) is 26.3 Å². The summed E-state index contributed by atoms with van der Waals surface area (Å²) in [6, 6.07) is 5.69. The van der Waals surface area contributed by atoms with Gasteiger partial charge in [-0.25, -0.2) is 4.39 Å². The monoisotopic (exact) mass is 260 g/mol. The van der Waals surface area contributed by atoms with Crippen molar-refractivity contribution in [1.29, 1.82) is 0 Å². The highest BCUT2D eigenvalue weighted by molar-refractivity contribution is 5.92. The van der Waals surface area contributed by atoms with Gasteiger partial charge >= 0.3 is 0 Å². The number of amides is 1. The van der Waals surface area contributed by atoms with Crippen LogP contribution in [0.4, 0.5) is 10.1 Å². The molecule has 3 nitrogen and oxygen atoms in total. The van der Waals surface area contributed by atoms with Gasteiger partial charge in [-0.3, -0.25) is 4.79 Å². The molecule has 0 aromatic heterocycles. The van der Waals surface area contributed by atoms with E-state index in [1.807, 2.05) is 20.8 Å². The summed E-state index contributed by atoms with van der Waals surface area (Å²) in [5.74, 6) is -0.452. The maximum Gasteiger partial charge on any atom is 0.238 e. The Morgan fingerprint density at radius 1 is 1.24 bits per heavy atom. The lowest BCUT2D eigenvalue weighted by Gasteiger charge is -2.19. The zero-order chi connectivity index (χ0) is 12.2. The number of hydrogen-bond donors (Lipinski definition) is 2. The van der Waals surface area contributed by atoms with Crippen molar-refractivity contribution in [2.24, 2.45) is 0 Å². The molecular formula is C12H18ClFN2O. The second-order valence-corrected chi connectivity index (χ2v) is 4.66. The number of nitrogens with one attached hydrogen (secondary N) is 2. The molecule has 0 fully saturated rings. The number of halogens is 2. The van der Waals surface area contributed by atoms with E-state index >= 15 is 0 Å². The van der Waals surface area contributed by atoms with Gasteiger partial charge in [-0.1, -0.05) is 0 Å². The lowest BCUT2D eigenvalue weighted by molar-refractivity contribution is -0.115. The summed E-state index contributed by atoms with van der Waals surface area (Å²) >= 11 is 0. The molecule has 0 aliphatic carbocycles. The summed E-state index contributed by atoms with van der Waals surface area (Å²) in [5.41, 5.74) is 0.502. The van der Waals surface area contributed by atoms with Gasteiger partial charge in [-0.05, 0) is 45.0 Å². The molecular weight excluding hydrogens is 243 g/mol. The highest BCUT2D eigenvalue weighted by atomic mass is 35.5. The number of anilines is 1. The van der Waals surface area contributed by atoms with Gasteiger partial charge in [0, 0.05) is 11.2 Å². The van der Waals surface area contributed by atoms with Crippen LogP contribution in [0.3, 0.4) is 0 Å². The van der Waals surface area contributed by atoms with Crippen LogP contribution in [0, 0.1) is 5.82 Å². The molecule has 0 aliphatic heterocycles. The fourth-order valence-corrected chi connectivity index (χ4v) is 1.08. The Kier molecular flexibility index (Phi) is 6.13. The van der Waals surface area contributed by atoms with Crippen molar-refractivity contribution in [3.63, 3.8) is 0 Å². The van der Waals surface area contributed by atoms with Gasteiger partial charge in [0.05, 0.1) is 6.54 Å². The molecule has 0 radical (unpaired) electrons. The number of carbonyl (C=O) groups is 1.